The van der Waals surface area contributed by atoms with E-state index in [0.29, 0.717) is 12.0 Å². The number of hydrogen-bond donors (Lipinski definition) is 1. The molecule has 1 aromatic rings. The van der Waals surface area contributed by atoms with Gasteiger partial charge in [-0.25, -0.2) is 0 Å². The van der Waals surface area contributed by atoms with Crippen LogP contribution in [0.1, 0.15) is 18.2 Å². The molecular weight excluding hydrogens is 212 g/mol. The monoisotopic (exact) mass is 224 g/mol. The SMILES string of the molecule is Cc1cn2c(nc1=O)O[C@H]1C[C@H]2O[C@H]1CO. The molecule has 0 saturated carbocycles. The molecule has 0 amide bonds. The fraction of sp³-hybridized carbons (Fsp3) is 0.600. The Morgan fingerprint density at radius 3 is 3.25 bits per heavy atom. The van der Waals surface area contributed by atoms with Crippen molar-refractivity contribution in [3.63, 3.8) is 0 Å². The van der Waals surface area contributed by atoms with Crippen LogP contribution < -0.4 is 10.3 Å². The molecule has 6 nitrogen and oxygen atoms in total. The van der Waals surface area contributed by atoms with Gasteiger partial charge in [-0.3, -0.25) is 9.36 Å². The predicted molar refractivity (Wildman–Crippen MR) is 53.3 cm³/mol. The second-order valence-electron chi connectivity index (χ2n) is 4.12. The third-order valence-corrected chi connectivity index (χ3v) is 3.02. The van der Waals surface area contributed by atoms with E-state index in [0.717, 1.165) is 0 Å². The third-order valence-electron chi connectivity index (χ3n) is 3.02. The van der Waals surface area contributed by atoms with Gasteiger partial charge < -0.3 is 14.6 Å². The van der Waals surface area contributed by atoms with Gasteiger partial charge in [0.05, 0.1) is 6.61 Å². The first-order chi connectivity index (χ1) is 7.69. The fourth-order valence-corrected chi connectivity index (χ4v) is 2.14. The van der Waals surface area contributed by atoms with Gasteiger partial charge in [-0.15, -0.1) is 0 Å². The molecule has 2 bridgehead atoms. The number of aryl methyl sites for hydroxylation is 1. The normalized spacial score (nSPS) is 31.0. The number of hydrogen-bond acceptors (Lipinski definition) is 5. The summed E-state index contributed by atoms with van der Waals surface area (Å²) in [4.78, 5) is 15.2. The Morgan fingerprint density at radius 1 is 1.69 bits per heavy atom. The Morgan fingerprint density at radius 2 is 2.50 bits per heavy atom. The Bertz CT molecular complexity index is 484. The Balaban J connectivity index is 2.06. The Hall–Kier alpha value is -1.40. The van der Waals surface area contributed by atoms with E-state index in [2.05, 4.69) is 4.98 Å². The zero-order valence-corrected chi connectivity index (χ0v) is 8.79. The summed E-state index contributed by atoms with van der Waals surface area (Å²) in [5, 5.41) is 9.10. The molecule has 1 fully saturated rings. The molecule has 1 aromatic heterocycles. The van der Waals surface area contributed by atoms with Gasteiger partial charge in [-0.2, -0.15) is 4.98 Å². The van der Waals surface area contributed by atoms with Crippen LogP contribution in [0.4, 0.5) is 0 Å². The first-order valence-electron chi connectivity index (χ1n) is 5.22. The van der Waals surface area contributed by atoms with Gasteiger partial charge >= 0.3 is 6.01 Å². The number of aliphatic hydroxyl groups excluding tert-OH is 1. The summed E-state index contributed by atoms with van der Waals surface area (Å²) in [6, 6.07) is 0.285. The van der Waals surface area contributed by atoms with E-state index >= 15 is 0 Å². The molecule has 3 heterocycles. The van der Waals surface area contributed by atoms with Gasteiger partial charge in [-0.05, 0) is 6.92 Å². The van der Waals surface area contributed by atoms with E-state index < -0.39 is 0 Å². The van der Waals surface area contributed by atoms with Crippen LogP contribution in [0.15, 0.2) is 11.0 Å². The van der Waals surface area contributed by atoms with Gasteiger partial charge in [0.25, 0.3) is 5.56 Å². The topological polar surface area (TPSA) is 73.6 Å². The second-order valence-corrected chi connectivity index (χ2v) is 4.12. The first-order valence-corrected chi connectivity index (χ1v) is 5.22. The van der Waals surface area contributed by atoms with Gasteiger partial charge in [0.2, 0.25) is 0 Å². The molecule has 6 heteroatoms. The lowest BCUT2D eigenvalue weighted by Gasteiger charge is -2.23. The lowest BCUT2D eigenvalue weighted by atomic mass is 10.1. The smallest absolute Gasteiger partial charge is 0.302 e. The molecule has 0 spiro atoms. The molecule has 3 rings (SSSR count). The van der Waals surface area contributed by atoms with Crippen LogP contribution in [0.25, 0.3) is 0 Å². The van der Waals surface area contributed by atoms with Crippen molar-refractivity contribution in [1.82, 2.24) is 9.55 Å². The minimum atomic E-state index is -0.331. The van der Waals surface area contributed by atoms with E-state index in [1.807, 2.05) is 0 Å². The Labute approximate surface area is 91.4 Å². The fourth-order valence-electron chi connectivity index (χ4n) is 2.14. The number of aromatic nitrogens is 2. The van der Waals surface area contributed by atoms with Gasteiger partial charge in [-0.1, -0.05) is 0 Å². The Kier molecular flexibility index (Phi) is 2.02. The van der Waals surface area contributed by atoms with E-state index in [9.17, 15) is 4.79 Å². The molecule has 86 valence electrons. The van der Waals surface area contributed by atoms with Gasteiger partial charge in [0.15, 0.2) is 0 Å². The summed E-state index contributed by atoms with van der Waals surface area (Å²) in [7, 11) is 0. The van der Waals surface area contributed by atoms with Crippen LogP contribution in [-0.4, -0.2) is 33.5 Å². The first kappa shape index (κ1) is 9.80. The van der Waals surface area contributed by atoms with Crippen LogP contribution >= 0.6 is 0 Å². The molecule has 3 atom stereocenters. The van der Waals surface area contributed by atoms with Gasteiger partial charge in [0, 0.05) is 18.2 Å². The summed E-state index contributed by atoms with van der Waals surface area (Å²) < 4.78 is 12.8. The summed E-state index contributed by atoms with van der Waals surface area (Å²) in [6.07, 6.45) is 1.65. The van der Waals surface area contributed by atoms with E-state index in [4.69, 9.17) is 14.6 Å². The third kappa shape index (κ3) is 1.27. The van der Waals surface area contributed by atoms with Crippen LogP contribution in [0, 0.1) is 6.92 Å². The van der Waals surface area contributed by atoms with Crippen LogP contribution in [0.3, 0.4) is 0 Å². The average Bonchev–Trinajstić information content (AvgIpc) is 2.60. The van der Waals surface area contributed by atoms with Gasteiger partial charge in [0.1, 0.15) is 18.4 Å². The predicted octanol–water partition coefficient (Wildman–Crippen LogP) is -0.407. The maximum atomic E-state index is 11.4. The van der Waals surface area contributed by atoms with Crippen molar-refractivity contribution in [2.75, 3.05) is 6.61 Å². The number of ether oxygens (including phenoxy) is 2. The van der Waals surface area contributed by atoms with Crippen LogP contribution in [0.5, 0.6) is 6.01 Å². The highest BCUT2D eigenvalue weighted by Crippen LogP contribution is 2.37. The standard InChI is InChI=1S/C10H12N2O4/c1-5-3-12-8-2-6(7(4-13)15-8)16-10(12)11-9(5)14/h3,6-8,13H,2,4H2,1H3/t6-,7-,8+/m0/s1. The maximum Gasteiger partial charge on any atom is 0.302 e. The maximum absolute atomic E-state index is 11.4. The van der Waals surface area contributed by atoms with Crippen molar-refractivity contribution in [1.29, 1.82) is 0 Å². The largest absolute Gasteiger partial charge is 0.458 e. The lowest BCUT2D eigenvalue weighted by molar-refractivity contribution is -0.0247. The molecule has 2 aliphatic rings. The quantitative estimate of drug-likeness (QED) is 0.702. The van der Waals surface area contributed by atoms with E-state index in [-0.39, 0.29) is 36.6 Å². The van der Waals surface area contributed by atoms with Crippen molar-refractivity contribution < 1.29 is 14.6 Å². The molecular formula is C10H12N2O4. The highest BCUT2D eigenvalue weighted by Gasteiger charge is 2.42. The molecule has 2 aliphatic heterocycles. The highest BCUT2D eigenvalue weighted by atomic mass is 16.6. The van der Waals surface area contributed by atoms with Crippen molar-refractivity contribution in [3.05, 3.63) is 22.1 Å². The van der Waals surface area contributed by atoms with Crippen LogP contribution in [0.2, 0.25) is 0 Å². The molecule has 0 aromatic carbocycles. The van der Waals surface area contributed by atoms with Crippen molar-refractivity contribution in [3.8, 4) is 6.01 Å². The lowest BCUT2D eigenvalue weighted by Crippen LogP contribution is -2.33. The summed E-state index contributed by atoms with van der Waals surface area (Å²) in [6.45, 7) is 1.62. The zero-order chi connectivity index (χ0) is 11.3. The second kappa shape index (κ2) is 3.29. The minimum absolute atomic E-state index is 0.0844. The number of fused-ring (bicyclic) bond motifs is 4. The molecule has 1 N–H and O–H groups in total. The van der Waals surface area contributed by atoms with E-state index in [1.54, 1.807) is 17.7 Å². The van der Waals surface area contributed by atoms with Crippen molar-refractivity contribution >= 4 is 0 Å². The van der Waals surface area contributed by atoms with Crippen LogP contribution in [-0.2, 0) is 4.74 Å². The van der Waals surface area contributed by atoms with Crippen molar-refractivity contribution in [2.45, 2.75) is 31.8 Å². The molecule has 16 heavy (non-hydrogen) atoms. The number of nitrogens with zero attached hydrogens (tertiary/aromatic N) is 2. The van der Waals surface area contributed by atoms with E-state index in [1.165, 1.54) is 0 Å². The number of aliphatic hydroxyl groups is 1. The molecule has 0 radical (unpaired) electrons. The molecule has 1 saturated heterocycles. The number of rotatable bonds is 1. The molecule has 0 aliphatic carbocycles. The average molecular weight is 224 g/mol. The highest BCUT2D eigenvalue weighted by molar-refractivity contribution is 5.12. The summed E-state index contributed by atoms with van der Waals surface area (Å²) >= 11 is 0. The zero-order valence-electron chi connectivity index (χ0n) is 8.79. The minimum Gasteiger partial charge on any atom is -0.458 e. The molecule has 0 unspecified atom stereocenters. The summed E-state index contributed by atoms with van der Waals surface area (Å²) in [5.74, 6) is 0. The van der Waals surface area contributed by atoms with Crippen molar-refractivity contribution in [2.24, 2.45) is 0 Å². The summed E-state index contributed by atoms with van der Waals surface area (Å²) in [5.41, 5.74) is 0.273.